The van der Waals surface area contributed by atoms with Crippen LogP contribution in [0.1, 0.15) is 0 Å². The molecule has 0 unspecified atom stereocenters. The van der Waals surface area contributed by atoms with Crippen molar-refractivity contribution in [2.24, 2.45) is 0 Å². The van der Waals surface area contributed by atoms with Gasteiger partial charge >= 0.3 is 0 Å². The second-order valence-electron chi connectivity index (χ2n) is 6.07. The van der Waals surface area contributed by atoms with Crippen LogP contribution in [0.3, 0.4) is 0 Å². The molecule has 1 aromatic heterocycles. The Bertz CT molecular complexity index is 1070. The fourth-order valence-corrected chi connectivity index (χ4v) is 5.01. The van der Waals surface area contributed by atoms with Crippen LogP contribution in [0.2, 0.25) is 10.0 Å². The molecule has 0 saturated carbocycles. The molecule has 8 heteroatoms. The van der Waals surface area contributed by atoms with Gasteiger partial charge in [-0.2, -0.15) is 4.31 Å². The molecule has 1 aliphatic heterocycles. The Hall–Kier alpha value is -1.57. The maximum Gasteiger partial charge on any atom is 0.243 e. The van der Waals surface area contributed by atoms with Crippen molar-refractivity contribution in [3.05, 3.63) is 52.5 Å². The first-order valence-electron chi connectivity index (χ1n) is 8.11. The van der Waals surface area contributed by atoms with Gasteiger partial charge in [-0.15, -0.1) is 0 Å². The Kier molecular flexibility index (Phi) is 4.71. The predicted molar refractivity (Wildman–Crippen MR) is 103 cm³/mol. The van der Waals surface area contributed by atoms with Crippen LogP contribution < -0.4 is 0 Å². The summed E-state index contributed by atoms with van der Waals surface area (Å²) in [5.41, 5.74) is 2.46. The fraction of sp³-hybridized carbons (Fsp3) is 0.222. The Balaban J connectivity index is 1.74. The number of hydrogen-bond donors (Lipinski definition) is 1. The van der Waals surface area contributed by atoms with Gasteiger partial charge in [-0.05, 0) is 42.5 Å². The van der Waals surface area contributed by atoms with Crippen LogP contribution in [-0.2, 0) is 14.8 Å². The number of H-pyrrole nitrogens is 1. The number of fused-ring (bicyclic) bond motifs is 1. The van der Waals surface area contributed by atoms with Crippen molar-refractivity contribution in [3.8, 4) is 11.3 Å². The quantitative estimate of drug-likeness (QED) is 0.704. The van der Waals surface area contributed by atoms with Crippen LogP contribution in [0.15, 0.2) is 47.4 Å². The van der Waals surface area contributed by atoms with Gasteiger partial charge in [-0.3, -0.25) is 0 Å². The molecule has 4 rings (SSSR count). The Morgan fingerprint density at radius 3 is 2.50 bits per heavy atom. The number of benzene rings is 2. The molecule has 2 aromatic carbocycles. The molecule has 5 nitrogen and oxygen atoms in total. The minimum atomic E-state index is -3.53. The van der Waals surface area contributed by atoms with Crippen molar-refractivity contribution < 1.29 is 13.2 Å². The average Bonchev–Trinajstić information content (AvgIpc) is 3.05. The molecule has 3 aromatic rings. The third-order valence-corrected chi connectivity index (χ3v) is 6.86. The number of nitrogens with zero attached hydrogens (tertiary/aromatic N) is 1. The molecule has 1 fully saturated rings. The molecule has 0 atom stereocenters. The largest absolute Gasteiger partial charge is 0.379 e. The highest BCUT2D eigenvalue weighted by Gasteiger charge is 2.26. The lowest BCUT2D eigenvalue weighted by atomic mass is 10.1. The van der Waals surface area contributed by atoms with Crippen LogP contribution in [0.25, 0.3) is 22.2 Å². The standard InChI is InChI=1S/C18H16Cl2N2O3S/c19-13-1-3-15(16(20)11-13)18-10-12-9-14(2-4-17(12)21-18)26(23,24)22-5-7-25-8-6-22/h1-4,9-11,21H,5-8H2. The number of aromatic nitrogens is 1. The van der Waals surface area contributed by atoms with Crippen molar-refractivity contribution in [2.45, 2.75) is 4.90 Å². The molecule has 26 heavy (non-hydrogen) atoms. The Morgan fingerprint density at radius 2 is 1.77 bits per heavy atom. The van der Waals surface area contributed by atoms with Crippen molar-refractivity contribution >= 4 is 44.1 Å². The van der Waals surface area contributed by atoms with Gasteiger partial charge < -0.3 is 9.72 Å². The third kappa shape index (κ3) is 3.23. The zero-order valence-electron chi connectivity index (χ0n) is 13.7. The van der Waals surface area contributed by atoms with Crippen LogP contribution in [0.4, 0.5) is 0 Å². The molecule has 0 amide bonds. The number of sulfonamides is 1. The van der Waals surface area contributed by atoms with Crippen molar-refractivity contribution in [2.75, 3.05) is 26.3 Å². The SMILES string of the molecule is O=S(=O)(c1ccc2[nH]c(-c3ccc(Cl)cc3Cl)cc2c1)N1CCOCC1. The van der Waals surface area contributed by atoms with Crippen LogP contribution in [0, 0.1) is 0 Å². The van der Waals surface area contributed by atoms with E-state index in [4.69, 9.17) is 27.9 Å². The maximum absolute atomic E-state index is 12.8. The Labute approximate surface area is 161 Å². The van der Waals surface area contributed by atoms with Gasteiger partial charge in [0.2, 0.25) is 10.0 Å². The van der Waals surface area contributed by atoms with Crippen LogP contribution >= 0.6 is 23.2 Å². The second-order valence-corrected chi connectivity index (χ2v) is 8.85. The van der Waals surface area contributed by atoms with Gasteiger partial charge in [-0.1, -0.05) is 23.2 Å². The Morgan fingerprint density at radius 1 is 1.00 bits per heavy atom. The van der Waals surface area contributed by atoms with Gasteiger partial charge in [0.05, 0.1) is 23.1 Å². The van der Waals surface area contributed by atoms with E-state index < -0.39 is 10.0 Å². The highest BCUT2D eigenvalue weighted by atomic mass is 35.5. The second kappa shape index (κ2) is 6.87. The molecule has 136 valence electrons. The summed E-state index contributed by atoms with van der Waals surface area (Å²) in [4.78, 5) is 3.55. The third-order valence-electron chi connectivity index (χ3n) is 4.42. The first-order valence-corrected chi connectivity index (χ1v) is 10.3. The number of nitrogens with one attached hydrogen (secondary N) is 1. The predicted octanol–water partition coefficient (Wildman–Crippen LogP) is 4.16. The number of rotatable bonds is 3. The minimum absolute atomic E-state index is 0.277. The minimum Gasteiger partial charge on any atom is -0.379 e. The van der Waals surface area contributed by atoms with E-state index in [9.17, 15) is 8.42 Å². The summed E-state index contributed by atoms with van der Waals surface area (Å²) >= 11 is 12.2. The topological polar surface area (TPSA) is 62.4 Å². The number of aromatic amines is 1. The van der Waals surface area contributed by atoms with E-state index in [0.29, 0.717) is 36.3 Å². The van der Waals surface area contributed by atoms with E-state index in [1.54, 1.807) is 30.3 Å². The zero-order valence-corrected chi connectivity index (χ0v) is 16.0. The summed E-state index contributed by atoms with van der Waals surface area (Å²) in [7, 11) is -3.53. The summed E-state index contributed by atoms with van der Waals surface area (Å²) < 4.78 is 32.3. The monoisotopic (exact) mass is 410 g/mol. The molecular weight excluding hydrogens is 395 g/mol. The van der Waals surface area contributed by atoms with E-state index in [0.717, 1.165) is 22.2 Å². The maximum atomic E-state index is 12.8. The van der Waals surface area contributed by atoms with E-state index in [2.05, 4.69) is 4.98 Å². The van der Waals surface area contributed by atoms with E-state index >= 15 is 0 Å². The van der Waals surface area contributed by atoms with E-state index in [-0.39, 0.29) is 4.90 Å². The van der Waals surface area contributed by atoms with Gasteiger partial charge in [0, 0.05) is 40.3 Å². The molecule has 1 saturated heterocycles. The summed E-state index contributed by atoms with van der Waals surface area (Å²) in [6.45, 7) is 1.59. The summed E-state index contributed by atoms with van der Waals surface area (Å²) in [6.07, 6.45) is 0. The molecule has 0 aliphatic carbocycles. The average molecular weight is 411 g/mol. The summed E-state index contributed by atoms with van der Waals surface area (Å²) in [6, 6.07) is 12.3. The van der Waals surface area contributed by atoms with Gasteiger partial charge in [0.15, 0.2) is 0 Å². The number of hydrogen-bond acceptors (Lipinski definition) is 3. The smallest absolute Gasteiger partial charge is 0.243 e. The highest BCUT2D eigenvalue weighted by Crippen LogP contribution is 2.32. The van der Waals surface area contributed by atoms with Gasteiger partial charge in [0.25, 0.3) is 0 Å². The first kappa shape index (κ1) is 17.8. The van der Waals surface area contributed by atoms with Crippen LogP contribution in [-0.4, -0.2) is 44.0 Å². The summed E-state index contributed by atoms with van der Waals surface area (Å²) in [5, 5.41) is 1.90. The van der Waals surface area contributed by atoms with Gasteiger partial charge in [0.1, 0.15) is 0 Å². The van der Waals surface area contributed by atoms with Crippen molar-refractivity contribution in [1.82, 2.24) is 9.29 Å². The number of ether oxygens (including phenoxy) is 1. The lowest BCUT2D eigenvalue weighted by molar-refractivity contribution is 0.0730. The first-order chi connectivity index (χ1) is 12.4. The highest BCUT2D eigenvalue weighted by molar-refractivity contribution is 7.89. The fourth-order valence-electron chi connectivity index (χ4n) is 3.06. The zero-order chi connectivity index (χ0) is 18.3. The van der Waals surface area contributed by atoms with Crippen molar-refractivity contribution in [3.63, 3.8) is 0 Å². The van der Waals surface area contributed by atoms with Crippen molar-refractivity contribution in [1.29, 1.82) is 0 Å². The molecular formula is C18H16Cl2N2O3S. The van der Waals surface area contributed by atoms with Gasteiger partial charge in [-0.25, -0.2) is 8.42 Å². The van der Waals surface area contributed by atoms with Crippen LogP contribution in [0.5, 0.6) is 0 Å². The number of morpholine rings is 1. The summed E-state index contributed by atoms with van der Waals surface area (Å²) in [5.74, 6) is 0. The number of halogens is 2. The van der Waals surface area contributed by atoms with E-state index in [1.165, 1.54) is 4.31 Å². The molecule has 0 bridgehead atoms. The molecule has 0 spiro atoms. The molecule has 2 heterocycles. The molecule has 0 radical (unpaired) electrons. The lowest BCUT2D eigenvalue weighted by Crippen LogP contribution is -2.40. The molecule has 1 N–H and O–H groups in total. The molecule has 1 aliphatic rings. The van der Waals surface area contributed by atoms with E-state index in [1.807, 2.05) is 12.1 Å². The lowest BCUT2D eigenvalue weighted by Gasteiger charge is -2.26. The normalized spacial score (nSPS) is 16.2.